The van der Waals surface area contributed by atoms with E-state index in [9.17, 15) is 0 Å². The highest BCUT2D eigenvalue weighted by molar-refractivity contribution is 6.42. The minimum absolute atomic E-state index is 0.130. The van der Waals surface area contributed by atoms with Crippen LogP contribution in [0.5, 0.6) is 0 Å². The molecule has 2 aromatic rings. The fourth-order valence-electron chi connectivity index (χ4n) is 1.76. The molecule has 0 radical (unpaired) electrons. The summed E-state index contributed by atoms with van der Waals surface area (Å²) in [6.07, 6.45) is 2.45. The number of aromatic nitrogens is 1. The van der Waals surface area contributed by atoms with Gasteiger partial charge in [0.05, 0.1) is 10.0 Å². The van der Waals surface area contributed by atoms with Gasteiger partial charge in [0.1, 0.15) is 0 Å². The van der Waals surface area contributed by atoms with Gasteiger partial charge in [-0.3, -0.25) is 4.98 Å². The van der Waals surface area contributed by atoms with Gasteiger partial charge in [0.25, 0.3) is 0 Å². The van der Waals surface area contributed by atoms with Gasteiger partial charge in [0.15, 0.2) is 0 Å². The zero-order chi connectivity index (χ0) is 13.1. The van der Waals surface area contributed by atoms with Crippen LogP contribution in [-0.4, -0.2) is 4.98 Å². The van der Waals surface area contributed by atoms with Crippen molar-refractivity contribution in [3.63, 3.8) is 0 Å². The van der Waals surface area contributed by atoms with E-state index in [2.05, 4.69) is 4.98 Å². The number of halogens is 2. The van der Waals surface area contributed by atoms with E-state index in [-0.39, 0.29) is 6.04 Å². The molecule has 2 rings (SSSR count). The summed E-state index contributed by atoms with van der Waals surface area (Å²) in [6.45, 7) is 1.95. The van der Waals surface area contributed by atoms with Crippen molar-refractivity contribution in [1.82, 2.24) is 4.98 Å². The van der Waals surface area contributed by atoms with E-state index in [0.29, 0.717) is 16.5 Å². The Morgan fingerprint density at radius 1 is 1.22 bits per heavy atom. The number of nitrogens with zero attached hydrogens (tertiary/aromatic N) is 1. The Hall–Kier alpha value is -1.09. The highest BCUT2D eigenvalue weighted by atomic mass is 35.5. The molecule has 0 fully saturated rings. The number of nitrogens with two attached hydrogens (primary N) is 1. The first-order valence-corrected chi connectivity index (χ1v) is 6.44. The van der Waals surface area contributed by atoms with Crippen molar-refractivity contribution in [2.24, 2.45) is 5.73 Å². The highest BCUT2D eigenvalue weighted by Gasteiger charge is 2.11. The molecule has 1 heterocycles. The maximum atomic E-state index is 6.15. The van der Waals surface area contributed by atoms with Gasteiger partial charge in [-0.05, 0) is 36.6 Å². The molecule has 0 saturated carbocycles. The molecule has 2 N–H and O–H groups in total. The predicted octanol–water partition coefficient (Wildman–Crippen LogP) is 3.94. The zero-order valence-electron chi connectivity index (χ0n) is 10.0. The lowest BCUT2D eigenvalue weighted by Gasteiger charge is -2.13. The van der Waals surface area contributed by atoms with Gasteiger partial charge >= 0.3 is 0 Å². The molecular formula is C14H14Cl2N2. The maximum absolute atomic E-state index is 6.15. The average Bonchev–Trinajstić information content (AvgIpc) is 2.36. The number of pyridine rings is 1. The first-order valence-electron chi connectivity index (χ1n) is 5.69. The normalized spacial score (nSPS) is 12.4. The van der Waals surface area contributed by atoms with E-state index in [1.165, 1.54) is 0 Å². The molecule has 1 aromatic heterocycles. The van der Waals surface area contributed by atoms with Crippen molar-refractivity contribution >= 4 is 23.2 Å². The van der Waals surface area contributed by atoms with E-state index < -0.39 is 0 Å². The SMILES string of the molecule is Cc1ccc(C(N)Cc2cccc(Cl)c2Cl)cn1. The van der Waals surface area contributed by atoms with Crippen molar-refractivity contribution in [1.29, 1.82) is 0 Å². The summed E-state index contributed by atoms with van der Waals surface area (Å²) in [5.41, 5.74) is 9.09. The van der Waals surface area contributed by atoms with Crippen molar-refractivity contribution in [3.8, 4) is 0 Å². The molecule has 0 aliphatic carbocycles. The molecule has 1 aromatic carbocycles. The van der Waals surface area contributed by atoms with Crippen molar-refractivity contribution < 1.29 is 0 Å². The Bertz CT molecular complexity index is 538. The van der Waals surface area contributed by atoms with Crippen LogP contribution in [-0.2, 0) is 6.42 Å². The molecular weight excluding hydrogens is 267 g/mol. The second kappa shape index (κ2) is 5.70. The van der Waals surface area contributed by atoms with Crippen molar-refractivity contribution in [3.05, 3.63) is 63.4 Å². The van der Waals surface area contributed by atoms with E-state index in [4.69, 9.17) is 28.9 Å². The van der Waals surface area contributed by atoms with Crippen LogP contribution in [0.4, 0.5) is 0 Å². The lowest BCUT2D eigenvalue weighted by molar-refractivity contribution is 0.717. The summed E-state index contributed by atoms with van der Waals surface area (Å²) in [5.74, 6) is 0. The number of hydrogen-bond acceptors (Lipinski definition) is 2. The molecule has 0 aliphatic heterocycles. The summed E-state index contributed by atoms with van der Waals surface area (Å²) in [7, 11) is 0. The number of benzene rings is 1. The number of hydrogen-bond donors (Lipinski definition) is 1. The molecule has 0 bridgehead atoms. The third kappa shape index (κ3) is 3.02. The van der Waals surface area contributed by atoms with E-state index in [1.54, 1.807) is 12.3 Å². The molecule has 0 aliphatic rings. The topological polar surface area (TPSA) is 38.9 Å². The van der Waals surface area contributed by atoms with Gasteiger partial charge in [-0.2, -0.15) is 0 Å². The van der Waals surface area contributed by atoms with Crippen LogP contribution in [0.3, 0.4) is 0 Å². The van der Waals surface area contributed by atoms with Crippen LogP contribution < -0.4 is 5.73 Å². The summed E-state index contributed by atoms with van der Waals surface area (Å²) < 4.78 is 0. The maximum Gasteiger partial charge on any atom is 0.0624 e. The molecule has 4 heteroatoms. The lowest BCUT2D eigenvalue weighted by atomic mass is 10.0. The van der Waals surface area contributed by atoms with Gasteiger partial charge in [0.2, 0.25) is 0 Å². The first-order chi connectivity index (χ1) is 8.58. The summed E-state index contributed by atoms with van der Waals surface area (Å²) in [6, 6.07) is 9.40. The quantitative estimate of drug-likeness (QED) is 0.925. The number of aryl methyl sites for hydroxylation is 1. The first kappa shape index (κ1) is 13.3. The monoisotopic (exact) mass is 280 g/mol. The fraction of sp³-hybridized carbons (Fsp3) is 0.214. The summed E-state index contributed by atoms with van der Waals surface area (Å²) in [4.78, 5) is 4.24. The Labute approximate surface area is 117 Å². The molecule has 0 saturated heterocycles. The second-order valence-corrected chi connectivity index (χ2v) is 5.04. The second-order valence-electron chi connectivity index (χ2n) is 4.26. The minimum Gasteiger partial charge on any atom is -0.324 e. The van der Waals surface area contributed by atoms with E-state index in [1.807, 2.05) is 31.2 Å². The van der Waals surface area contributed by atoms with Crippen LogP contribution in [0, 0.1) is 6.92 Å². The van der Waals surface area contributed by atoms with Crippen LogP contribution in [0.1, 0.15) is 22.9 Å². The molecule has 1 unspecified atom stereocenters. The van der Waals surface area contributed by atoms with Gasteiger partial charge in [0, 0.05) is 17.9 Å². The molecule has 2 nitrogen and oxygen atoms in total. The van der Waals surface area contributed by atoms with Gasteiger partial charge in [-0.1, -0.05) is 41.4 Å². The molecule has 94 valence electrons. The van der Waals surface area contributed by atoms with E-state index >= 15 is 0 Å². The molecule has 0 spiro atoms. The van der Waals surface area contributed by atoms with Gasteiger partial charge in [-0.15, -0.1) is 0 Å². The predicted molar refractivity (Wildman–Crippen MR) is 76.1 cm³/mol. The zero-order valence-corrected chi connectivity index (χ0v) is 11.5. The third-order valence-corrected chi connectivity index (χ3v) is 3.69. The Morgan fingerprint density at radius 2 is 2.00 bits per heavy atom. The Balaban J connectivity index is 2.18. The smallest absolute Gasteiger partial charge is 0.0624 e. The lowest BCUT2D eigenvalue weighted by Crippen LogP contribution is -2.14. The molecule has 18 heavy (non-hydrogen) atoms. The largest absolute Gasteiger partial charge is 0.324 e. The van der Waals surface area contributed by atoms with Crippen molar-refractivity contribution in [2.45, 2.75) is 19.4 Å². The summed E-state index contributed by atoms with van der Waals surface area (Å²) in [5, 5.41) is 1.14. The highest BCUT2D eigenvalue weighted by Crippen LogP contribution is 2.28. The van der Waals surface area contributed by atoms with Gasteiger partial charge in [-0.25, -0.2) is 0 Å². The van der Waals surface area contributed by atoms with Crippen LogP contribution in [0.25, 0.3) is 0 Å². The third-order valence-electron chi connectivity index (χ3n) is 2.83. The minimum atomic E-state index is -0.130. The standard InChI is InChI=1S/C14H14Cl2N2/c1-9-5-6-11(8-18-9)13(17)7-10-3-2-4-12(15)14(10)16/h2-6,8,13H,7,17H2,1H3. The van der Waals surface area contributed by atoms with Gasteiger partial charge < -0.3 is 5.73 Å². The van der Waals surface area contributed by atoms with Crippen LogP contribution in [0.15, 0.2) is 36.5 Å². The Morgan fingerprint density at radius 3 is 2.67 bits per heavy atom. The Kier molecular flexibility index (Phi) is 4.23. The van der Waals surface area contributed by atoms with Crippen LogP contribution >= 0.6 is 23.2 Å². The summed E-state index contributed by atoms with van der Waals surface area (Å²) >= 11 is 12.1. The average molecular weight is 281 g/mol. The fourth-order valence-corrected chi connectivity index (χ4v) is 2.16. The van der Waals surface area contributed by atoms with E-state index in [0.717, 1.165) is 16.8 Å². The molecule has 1 atom stereocenters. The van der Waals surface area contributed by atoms with Crippen LogP contribution in [0.2, 0.25) is 10.0 Å². The number of rotatable bonds is 3. The van der Waals surface area contributed by atoms with Crippen molar-refractivity contribution in [2.75, 3.05) is 0 Å². The molecule has 0 amide bonds.